The largest absolute Gasteiger partial charge is 0.213 e. The van der Waals surface area contributed by atoms with Gasteiger partial charge in [-0.3, -0.25) is 0 Å². The lowest BCUT2D eigenvalue weighted by Crippen LogP contribution is -2.31. The topological polar surface area (TPSA) is 3.88 Å². The second kappa shape index (κ2) is 6.23. The van der Waals surface area contributed by atoms with Crippen molar-refractivity contribution < 1.29 is 16.9 Å². The monoisotopic (exact) mass is 309 g/mol. The average Bonchev–Trinajstić information content (AvgIpc) is 2.52. The number of aryl methyl sites for hydroxylation is 5. The third kappa shape index (κ3) is 3.49. The third-order valence-corrected chi connectivity index (χ3v) is 4.30. The molecule has 2 aromatic rings. The molecule has 21 heavy (non-hydrogen) atoms. The van der Waals surface area contributed by atoms with Crippen molar-refractivity contribution in [2.75, 3.05) is 0 Å². The molecule has 2 rings (SSSR count). The normalized spacial score (nSPS) is 19.4. The van der Waals surface area contributed by atoms with Crippen LogP contribution in [0.15, 0.2) is 29.3 Å². The fourth-order valence-corrected chi connectivity index (χ4v) is 3.10. The first-order chi connectivity index (χ1) is 13.4. The van der Waals surface area contributed by atoms with Gasteiger partial charge in [-0.15, -0.1) is 11.8 Å². The lowest BCUT2D eigenvalue weighted by molar-refractivity contribution is -0.661. The molecule has 0 saturated heterocycles. The van der Waals surface area contributed by atoms with Crippen LogP contribution in [0.4, 0.5) is 0 Å². The molecule has 0 fully saturated rings. The van der Waals surface area contributed by atoms with Crippen LogP contribution < -0.4 is 4.57 Å². The Kier molecular flexibility index (Phi) is 2.32. The van der Waals surface area contributed by atoms with E-state index in [1.807, 2.05) is 13.8 Å². The Morgan fingerprint density at radius 1 is 1.00 bits per heavy atom. The Balaban J connectivity index is 2.84. The molecule has 112 valence electrons. The maximum Gasteiger partial charge on any atom is 0.213 e. The van der Waals surface area contributed by atoms with Crippen LogP contribution in [0.2, 0.25) is 0 Å². The van der Waals surface area contributed by atoms with Crippen molar-refractivity contribution in [1.82, 2.24) is 0 Å². The summed E-state index contributed by atoms with van der Waals surface area (Å²) in [6.07, 6.45) is 1.54. The van der Waals surface area contributed by atoms with E-state index in [2.05, 4.69) is 0 Å². The van der Waals surface area contributed by atoms with Crippen LogP contribution in [-0.2, 0) is 7.05 Å². The van der Waals surface area contributed by atoms with Crippen molar-refractivity contribution in [3.05, 3.63) is 46.6 Å². The number of aromatic nitrogens is 1. The minimum absolute atomic E-state index is 0.142. The number of hydrogen-bond donors (Lipinski definition) is 0. The summed E-state index contributed by atoms with van der Waals surface area (Å²) in [7, 11) is 1.69. The molecule has 0 radical (unpaired) electrons. The van der Waals surface area contributed by atoms with Gasteiger partial charge in [0, 0.05) is 39.7 Å². The molecule has 0 atom stereocenters. The number of nitrogens with zero attached hydrogens (tertiary/aromatic N) is 1. The van der Waals surface area contributed by atoms with E-state index in [0.29, 0.717) is 21.7 Å². The molecule has 0 unspecified atom stereocenters. The fraction of sp³-hybridized carbons (Fsp3) is 0.421. The Hall–Kier alpha value is -1.28. The second-order valence-corrected chi connectivity index (χ2v) is 7.05. The van der Waals surface area contributed by atoms with Gasteiger partial charge in [0.1, 0.15) is 7.05 Å². The van der Waals surface area contributed by atoms with Gasteiger partial charge in [0.2, 0.25) is 5.69 Å². The van der Waals surface area contributed by atoms with Gasteiger partial charge in [-0.1, -0.05) is 19.9 Å². The summed E-state index contributed by atoms with van der Waals surface area (Å²) in [5, 5.41) is 0.142. The summed E-state index contributed by atoms with van der Waals surface area (Å²) in [6, 6.07) is 4.54. The Bertz CT molecular complexity index is 941. The smallest absolute Gasteiger partial charge is 0.201 e. The Labute approximate surface area is 146 Å². The molecule has 0 aliphatic carbocycles. The molecule has 1 nitrogen and oxygen atoms in total. The number of thioether (sulfide) groups is 1. The van der Waals surface area contributed by atoms with Crippen molar-refractivity contribution in [1.29, 1.82) is 0 Å². The zero-order chi connectivity index (χ0) is 23.2. The molecular weight excluding hydrogens is 274 g/mol. The van der Waals surface area contributed by atoms with E-state index in [0.717, 1.165) is 0 Å². The lowest BCUT2D eigenvalue weighted by Gasteiger charge is -2.12. The highest BCUT2D eigenvalue weighted by atomic mass is 32.2. The first-order valence-corrected chi connectivity index (χ1v) is 7.67. The molecule has 0 N–H and O–H groups in total. The summed E-state index contributed by atoms with van der Waals surface area (Å²) >= 11 is 1.42. The number of rotatable bonds is 3. The first-order valence-electron chi connectivity index (χ1n) is 11.3. The molecule has 0 amide bonds. The quantitative estimate of drug-likeness (QED) is 0.575. The van der Waals surface area contributed by atoms with Gasteiger partial charge >= 0.3 is 0 Å². The van der Waals surface area contributed by atoms with E-state index >= 15 is 0 Å². The lowest BCUT2D eigenvalue weighted by atomic mass is 9.98. The minimum Gasteiger partial charge on any atom is -0.201 e. The van der Waals surface area contributed by atoms with Crippen molar-refractivity contribution in [2.45, 2.75) is 51.5 Å². The summed E-state index contributed by atoms with van der Waals surface area (Å²) in [5.74, 6) is 0. The van der Waals surface area contributed by atoms with Crippen molar-refractivity contribution in [2.24, 2.45) is 7.05 Å². The Morgan fingerprint density at radius 3 is 2.29 bits per heavy atom. The first kappa shape index (κ1) is 7.82. The van der Waals surface area contributed by atoms with Gasteiger partial charge in [0.25, 0.3) is 0 Å². The highest BCUT2D eigenvalue weighted by Crippen LogP contribution is 2.30. The number of pyridine rings is 1. The second-order valence-electron chi connectivity index (χ2n) is 5.43. The van der Waals surface area contributed by atoms with Crippen molar-refractivity contribution in [3.63, 3.8) is 0 Å². The van der Waals surface area contributed by atoms with E-state index in [-0.39, 0.29) is 21.9 Å². The predicted molar refractivity (Wildman–Crippen MR) is 93.0 cm³/mol. The average molecular weight is 310 g/mol. The fourth-order valence-electron chi connectivity index (χ4n) is 2.23. The maximum atomic E-state index is 7.85. The Morgan fingerprint density at radius 2 is 1.67 bits per heavy atom. The molecule has 1 aromatic heterocycles. The molecule has 0 bridgehead atoms. The van der Waals surface area contributed by atoms with Gasteiger partial charge in [-0.25, -0.2) is 4.57 Å². The molecule has 0 saturated carbocycles. The van der Waals surface area contributed by atoms with Crippen molar-refractivity contribution >= 4 is 11.8 Å². The SMILES string of the molecule is [2H]C([2H])([2H])c1c[n+](C)c(-c2cc(C([2H])([2H])[2H])c(C([2H])([2H])[2H])cc2C)cc1SC(C)C. The van der Waals surface area contributed by atoms with E-state index in [1.54, 1.807) is 30.8 Å². The van der Waals surface area contributed by atoms with Crippen LogP contribution in [0.1, 0.15) is 48.4 Å². The maximum absolute atomic E-state index is 7.85. The van der Waals surface area contributed by atoms with Gasteiger partial charge in [-0.2, -0.15) is 0 Å². The number of benzene rings is 1. The van der Waals surface area contributed by atoms with Gasteiger partial charge in [0.15, 0.2) is 6.20 Å². The van der Waals surface area contributed by atoms with Crippen LogP contribution in [0.5, 0.6) is 0 Å². The van der Waals surface area contributed by atoms with Crippen LogP contribution in [-0.4, -0.2) is 5.25 Å². The summed E-state index contributed by atoms with van der Waals surface area (Å²) in [5.41, 5.74) is 1.58. The van der Waals surface area contributed by atoms with Gasteiger partial charge < -0.3 is 0 Å². The third-order valence-electron chi connectivity index (χ3n) is 3.24. The zero-order valence-corrected chi connectivity index (χ0v) is 13.6. The van der Waals surface area contributed by atoms with Crippen LogP contribution in [0, 0.1) is 27.5 Å². The summed E-state index contributed by atoms with van der Waals surface area (Å²) < 4.78 is 71.9. The molecule has 0 aliphatic heterocycles. The molecule has 0 aliphatic rings. The number of hydrogen-bond acceptors (Lipinski definition) is 1. The van der Waals surface area contributed by atoms with Gasteiger partial charge in [0.05, 0.1) is 0 Å². The highest BCUT2D eigenvalue weighted by Gasteiger charge is 2.17. The van der Waals surface area contributed by atoms with Crippen molar-refractivity contribution in [3.8, 4) is 11.3 Å². The van der Waals surface area contributed by atoms with E-state index in [9.17, 15) is 0 Å². The van der Waals surface area contributed by atoms with Crippen LogP contribution in [0.25, 0.3) is 11.3 Å². The van der Waals surface area contributed by atoms with Crippen LogP contribution in [0.3, 0.4) is 0 Å². The van der Waals surface area contributed by atoms with Gasteiger partial charge in [-0.05, 0) is 50.2 Å². The molecule has 0 spiro atoms. The molecular formula is C19H26NS+. The van der Waals surface area contributed by atoms with E-state index in [4.69, 9.17) is 12.3 Å². The van der Waals surface area contributed by atoms with E-state index in [1.165, 1.54) is 23.9 Å². The highest BCUT2D eigenvalue weighted by molar-refractivity contribution is 8.00. The summed E-state index contributed by atoms with van der Waals surface area (Å²) in [6.45, 7) is -1.80. The predicted octanol–water partition coefficient (Wildman–Crippen LogP) is 4.91. The van der Waals surface area contributed by atoms with E-state index < -0.39 is 20.6 Å². The summed E-state index contributed by atoms with van der Waals surface area (Å²) in [4.78, 5) is 0.591. The minimum atomic E-state index is -2.60. The standard InChI is InChI=1S/C19H26NS/c1-12(2)21-19-10-18(20(7)11-16(19)6)17-9-14(4)13(3)8-15(17)5/h8-12H,1-7H3/q+1/i3D3,4D3,6D3. The molecule has 1 heterocycles. The zero-order valence-electron chi connectivity index (χ0n) is 21.7. The molecule has 2 heteroatoms. The molecule has 1 aromatic carbocycles. The van der Waals surface area contributed by atoms with Crippen LogP contribution >= 0.6 is 11.8 Å².